The summed E-state index contributed by atoms with van der Waals surface area (Å²) in [6.07, 6.45) is 5.99. The molecule has 1 aromatic carbocycles. The number of hydrogen-bond acceptors (Lipinski definition) is 5. The maximum absolute atomic E-state index is 14.2. The highest BCUT2D eigenvalue weighted by atomic mass is 32.1. The first-order valence-electron chi connectivity index (χ1n) is 7.79. The van der Waals surface area contributed by atoms with E-state index in [9.17, 15) is 8.78 Å². The summed E-state index contributed by atoms with van der Waals surface area (Å²) in [4.78, 5) is 6.46. The van der Waals surface area contributed by atoms with E-state index in [4.69, 9.17) is 23.4 Å². The average Bonchev–Trinajstić information content (AvgIpc) is 3.07. The zero-order chi connectivity index (χ0) is 18.0. The van der Waals surface area contributed by atoms with Crippen LogP contribution in [0.4, 0.5) is 8.78 Å². The molecule has 0 aromatic heterocycles. The van der Waals surface area contributed by atoms with Gasteiger partial charge in [-0.15, -0.1) is 0 Å². The summed E-state index contributed by atoms with van der Waals surface area (Å²) in [6, 6.07) is 3.19. The molecule has 8 heteroatoms. The maximum Gasteiger partial charge on any atom is 0.144 e. The predicted molar refractivity (Wildman–Crippen MR) is 97.3 cm³/mol. The van der Waals surface area contributed by atoms with Crippen LogP contribution in [0.15, 0.2) is 46.9 Å². The molecule has 2 aliphatic heterocycles. The molecule has 2 heterocycles. The van der Waals surface area contributed by atoms with Gasteiger partial charge in [0.25, 0.3) is 0 Å². The zero-order valence-corrected chi connectivity index (χ0v) is 14.1. The Bertz CT molecular complexity index is 815. The molecule has 0 aliphatic carbocycles. The number of halogens is 2. The van der Waals surface area contributed by atoms with Gasteiger partial charge in [0.15, 0.2) is 0 Å². The minimum absolute atomic E-state index is 0.0602. The zero-order valence-electron chi connectivity index (χ0n) is 13.3. The molecule has 5 nitrogen and oxygen atoms in total. The van der Waals surface area contributed by atoms with Crippen LogP contribution < -0.4 is 11.1 Å². The Morgan fingerprint density at radius 2 is 2.24 bits per heavy atom. The summed E-state index contributed by atoms with van der Waals surface area (Å²) in [5.41, 5.74) is 6.24. The van der Waals surface area contributed by atoms with Crippen LogP contribution in [0, 0.1) is 17.0 Å². The lowest BCUT2D eigenvalue weighted by molar-refractivity contribution is 0.386. The molecule has 1 aromatic rings. The molecule has 25 heavy (non-hydrogen) atoms. The molecule has 3 rings (SSSR count). The van der Waals surface area contributed by atoms with Gasteiger partial charge in [-0.05, 0) is 37.1 Å². The largest absolute Gasteiger partial charge is 0.389 e. The third-order valence-electron chi connectivity index (χ3n) is 4.21. The summed E-state index contributed by atoms with van der Waals surface area (Å²) >= 11 is 4.93. The normalized spacial score (nSPS) is 21.6. The first-order chi connectivity index (χ1) is 12.0. The highest BCUT2D eigenvalue weighted by Gasteiger charge is 2.31. The fourth-order valence-corrected chi connectivity index (χ4v) is 3.22. The Labute approximate surface area is 149 Å². The van der Waals surface area contributed by atoms with Crippen LogP contribution in [-0.4, -0.2) is 28.5 Å². The second kappa shape index (κ2) is 7.10. The number of likely N-dealkylation sites (tertiary alicyclic amines) is 1. The van der Waals surface area contributed by atoms with Crippen molar-refractivity contribution in [3.8, 4) is 0 Å². The van der Waals surface area contributed by atoms with Crippen molar-refractivity contribution in [2.45, 2.75) is 18.9 Å². The van der Waals surface area contributed by atoms with E-state index in [1.807, 2.05) is 4.90 Å². The van der Waals surface area contributed by atoms with E-state index < -0.39 is 11.6 Å². The highest BCUT2D eigenvalue weighted by Crippen LogP contribution is 2.34. The summed E-state index contributed by atoms with van der Waals surface area (Å²) < 4.78 is 27.8. The van der Waals surface area contributed by atoms with Gasteiger partial charge in [-0.25, -0.2) is 13.8 Å². The third kappa shape index (κ3) is 3.43. The van der Waals surface area contributed by atoms with Gasteiger partial charge < -0.3 is 21.4 Å². The van der Waals surface area contributed by atoms with Crippen LogP contribution in [0.2, 0.25) is 0 Å². The molecule has 0 unspecified atom stereocenters. The van der Waals surface area contributed by atoms with Crippen LogP contribution >= 0.6 is 12.2 Å². The quantitative estimate of drug-likeness (QED) is 0.440. The van der Waals surface area contributed by atoms with E-state index >= 15 is 0 Å². The monoisotopic (exact) mass is 361 g/mol. The summed E-state index contributed by atoms with van der Waals surface area (Å²) in [6.45, 7) is 0.671. The molecule has 1 atom stereocenters. The molecule has 4 N–H and O–H groups in total. The van der Waals surface area contributed by atoms with Crippen LogP contribution in [-0.2, 0) is 0 Å². The van der Waals surface area contributed by atoms with Crippen molar-refractivity contribution in [1.29, 1.82) is 5.41 Å². The minimum atomic E-state index is -0.466. The number of aliphatic imine (C=N–C) groups is 1. The van der Waals surface area contributed by atoms with E-state index in [0.717, 1.165) is 24.8 Å². The predicted octanol–water partition coefficient (Wildman–Crippen LogP) is 2.76. The van der Waals surface area contributed by atoms with E-state index in [2.05, 4.69) is 10.3 Å². The second-order valence-corrected chi connectivity index (χ2v) is 6.18. The van der Waals surface area contributed by atoms with Crippen LogP contribution in [0.5, 0.6) is 0 Å². The number of benzene rings is 1. The van der Waals surface area contributed by atoms with Gasteiger partial charge in [0.1, 0.15) is 28.3 Å². The van der Waals surface area contributed by atoms with Gasteiger partial charge in [0.2, 0.25) is 0 Å². The Morgan fingerprint density at radius 3 is 2.96 bits per heavy atom. The number of amidine groups is 1. The van der Waals surface area contributed by atoms with Gasteiger partial charge in [-0.3, -0.25) is 0 Å². The van der Waals surface area contributed by atoms with Crippen molar-refractivity contribution in [2.24, 2.45) is 10.7 Å². The third-order valence-corrected chi connectivity index (χ3v) is 4.43. The molecule has 1 saturated heterocycles. The van der Waals surface area contributed by atoms with E-state index in [0.29, 0.717) is 35.8 Å². The first-order valence-corrected chi connectivity index (χ1v) is 8.20. The van der Waals surface area contributed by atoms with Gasteiger partial charge in [0.05, 0.1) is 11.6 Å². The van der Waals surface area contributed by atoms with Crippen molar-refractivity contribution in [2.75, 3.05) is 6.54 Å². The van der Waals surface area contributed by atoms with Crippen molar-refractivity contribution in [3.63, 3.8) is 0 Å². The van der Waals surface area contributed by atoms with Gasteiger partial charge in [0, 0.05) is 24.5 Å². The Hall–Kier alpha value is -2.61. The number of thiocarbonyl (C=S) groups is 1. The van der Waals surface area contributed by atoms with Gasteiger partial charge in [-0.2, -0.15) is 0 Å². The molecular formula is C17H17F2N5S. The van der Waals surface area contributed by atoms with Crippen molar-refractivity contribution >= 4 is 29.3 Å². The molecule has 130 valence electrons. The van der Waals surface area contributed by atoms with Gasteiger partial charge >= 0.3 is 0 Å². The van der Waals surface area contributed by atoms with E-state index in [-0.39, 0.29) is 11.0 Å². The minimum Gasteiger partial charge on any atom is -0.389 e. The lowest BCUT2D eigenvalue weighted by Gasteiger charge is -2.29. The second-order valence-electron chi connectivity index (χ2n) is 5.74. The summed E-state index contributed by atoms with van der Waals surface area (Å²) in [5.74, 6) is 0.0583. The fraction of sp³-hybridized carbons (Fsp3) is 0.235. The fourth-order valence-electron chi connectivity index (χ4n) is 3.07. The lowest BCUT2D eigenvalue weighted by Crippen LogP contribution is -2.33. The number of rotatable bonds is 3. The first kappa shape index (κ1) is 17.2. The summed E-state index contributed by atoms with van der Waals surface area (Å²) in [5, 5.41) is 10.4. The number of hydrogen-bond donors (Lipinski definition) is 3. The maximum atomic E-state index is 14.2. The standard InChI is InChI=1S/C17H17F2N5S/c18-10-3-4-13(19)11(8-10)14-2-1-7-24(14)15-5-6-22-17(23-15)12(9-20)16(21)25/h3-6,8-9,14,20,22H,1-2,7H2,(H2,21,25)/b17-12-,20-9?/t14-/m1/s1. The smallest absolute Gasteiger partial charge is 0.144 e. The van der Waals surface area contributed by atoms with Crippen molar-refractivity contribution in [3.05, 3.63) is 59.1 Å². The van der Waals surface area contributed by atoms with E-state index in [1.54, 1.807) is 12.3 Å². The number of nitrogens with zero attached hydrogens (tertiary/aromatic N) is 2. The number of nitrogens with two attached hydrogens (primary N) is 1. The van der Waals surface area contributed by atoms with Gasteiger partial charge in [-0.1, -0.05) is 12.2 Å². The molecule has 0 saturated carbocycles. The Kier molecular flexibility index (Phi) is 4.89. The molecule has 0 spiro atoms. The molecular weight excluding hydrogens is 344 g/mol. The Morgan fingerprint density at radius 1 is 1.44 bits per heavy atom. The molecule has 1 fully saturated rings. The molecule has 0 radical (unpaired) electrons. The Balaban J connectivity index is 1.98. The van der Waals surface area contributed by atoms with Crippen molar-refractivity contribution < 1.29 is 8.78 Å². The van der Waals surface area contributed by atoms with Crippen LogP contribution in [0.3, 0.4) is 0 Å². The number of nitrogens with one attached hydrogen (secondary N) is 2. The van der Waals surface area contributed by atoms with E-state index in [1.165, 1.54) is 6.07 Å². The molecule has 0 amide bonds. The van der Waals surface area contributed by atoms with Crippen LogP contribution in [0.25, 0.3) is 0 Å². The van der Waals surface area contributed by atoms with Crippen molar-refractivity contribution in [1.82, 2.24) is 10.2 Å². The molecule has 0 bridgehead atoms. The topological polar surface area (TPSA) is 77.5 Å². The summed E-state index contributed by atoms with van der Waals surface area (Å²) in [7, 11) is 0. The lowest BCUT2D eigenvalue weighted by atomic mass is 10.0. The average molecular weight is 361 g/mol. The highest BCUT2D eigenvalue weighted by molar-refractivity contribution is 7.80. The SMILES string of the molecule is N=C/C(C(N)=S)=C1/N=C(N2CCC[C@@H]2c2cc(F)ccc2F)C=CN1. The van der Waals surface area contributed by atoms with Crippen LogP contribution in [0.1, 0.15) is 24.4 Å². The molecule has 2 aliphatic rings.